The molecule has 128 valence electrons. The van der Waals surface area contributed by atoms with Gasteiger partial charge >= 0.3 is 12.1 Å². The number of fused-ring (bicyclic) bond motifs is 1. The van der Waals surface area contributed by atoms with Crippen LogP contribution in [0.1, 0.15) is 34.4 Å². The summed E-state index contributed by atoms with van der Waals surface area (Å²) in [6, 6.07) is 4.00. The van der Waals surface area contributed by atoms with Crippen LogP contribution in [0.3, 0.4) is 0 Å². The van der Waals surface area contributed by atoms with Crippen LogP contribution in [0.2, 0.25) is 0 Å². The first kappa shape index (κ1) is 16.2. The molecule has 0 saturated heterocycles. The molecule has 0 aliphatic carbocycles. The lowest BCUT2D eigenvalue weighted by molar-refractivity contribution is -0.173. The number of nitrogens with zero attached hydrogens (tertiary/aromatic N) is 2. The van der Waals surface area contributed by atoms with E-state index >= 15 is 0 Å². The highest BCUT2D eigenvalue weighted by molar-refractivity contribution is 5.93. The van der Waals surface area contributed by atoms with E-state index in [9.17, 15) is 18.0 Å². The topological polar surface area (TPSA) is 76.4 Å². The van der Waals surface area contributed by atoms with Crippen molar-refractivity contribution in [3.05, 3.63) is 41.6 Å². The molecule has 0 unspecified atom stereocenters. The maximum absolute atomic E-state index is 13.4. The van der Waals surface area contributed by atoms with Gasteiger partial charge in [0.05, 0.1) is 19.3 Å². The van der Waals surface area contributed by atoms with Gasteiger partial charge in [-0.1, -0.05) is 12.1 Å². The minimum atomic E-state index is -4.54. The van der Waals surface area contributed by atoms with Crippen molar-refractivity contribution >= 4 is 11.8 Å². The molecule has 0 radical (unpaired) electrons. The molecule has 0 spiro atoms. The van der Waals surface area contributed by atoms with Gasteiger partial charge < -0.3 is 15.2 Å². The van der Waals surface area contributed by atoms with Crippen molar-refractivity contribution in [2.75, 3.05) is 12.4 Å². The molecule has 24 heavy (non-hydrogen) atoms. The summed E-state index contributed by atoms with van der Waals surface area (Å²) in [5.41, 5.74) is 0.316. The van der Waals surface area contributed by atoms with Gasteiger partial charge in [-0.3, -0.25) is 0 Å². The fourth-order valence-corrected chi connectivity index (χ4v) is 2.77. The number of carboxylic acids is 1. The first-order chi connectivity index (χ1) is 11.3. The van der Waals surface area contributed by atoms with E-state index in [1.165, 1.54) is 7.11 Å². The number of carbonyl (C=O) groups is 1. The van der Waals surface area contributed by atoms with E-state index in [0.29, 0.717) is 16.0 Å². The number of anilines is 1. The lowest BCUT2D eigenvalue weighted by Crippen LogP contribution is -2.36. The summed E-state index contributed by atoms with van der Waals surface area (Å²) in [5.74, 6) is -0.893. The zero-order valence-corrected chi connectivity index (χ0v) is 12.5. The summed E-state index contributed by atoms with van der Waals surface area (Å²) >= 11 is 0. The van der Waals surface area contributed by atoms with E-state index < -0.39 is 24.2 Å². The number of ether oxygens (including phenoxy) is 1. The summed E-state index contributed by atoms with van der Waals surface area (Å²) in [4.78, 5) is 11.2. The van der Waals surface area contributed by atoms with E-state index in [1.54, 1.807) is 24.3 Å². The predicted octanol–water partition coefficient (Wildman–Crippen LogP) is 3.25. The molecular weight excluding hydrogens is 327 g/mol. The second-order valence-electron chi connectivity index (χ2n) is 5.42. The second-order valence-corrected chi connectivity index (χ2v) is 5.42. The van der Waals surface area contributed by atoms with Crippen LogP contribution in [0.4, 0.5) is 19.0 Å². The van der Waals surface area contributed by atoms with Gasteiger partial charge in [0.1, 0.15) is 17.1 Å². The average molecular weight is 341 g/mol. The van der Waals surface area contributed by atoms with Gasteiger partial charge in [0.15, 0.2) is 6.04 Å². The number of hydrogen-bond donors (Lipinski definition) is 2. The first-order valence-electron chi connectivity index (χ1n) is 7.09. The minimum absolute atomic E-state index is 0.142. The van der Waals surface area contributed by atoms with Gasteiger partial charge in [0, 0.05) is 6.42 Å². The van der Waals surface area contributed by atoms with Crippen LogP contribution in [0.5, 0.6) is 5.75 Å². The quantitative estimate of drug-likeness (QED) is 0.896. The number of aromatic nitrogens is 2. The number of methoxy groups -OCH3 is 1. The van der Waals surface area contributed by atoms with Gasteiger partial charge in [-0.2, -0.15) is 18.3 Å². The average Bonchev–Trinajstić information content (AvgIpc) is 2.97. The molecule has 2 aromatic rings. The highest BCUT2D eigenvalue weighted by Crippen LogP contribution is 2.44. The number of halogens is 3. The minimum Gasteiger partial charge on any atom is -0.497 e. The van der Waals surface area contributed by atoms with Crippen LogP contribution < -0.4 is 10.1 Å². The monoisotopic (exact) mass is 341 g/mol. The molecule has 1 aliphatic heterocycles. The third-order valence-corrected chi connectivity index (χ3v) is 3.99. The zero-order valence-electron chi connectivity index (χ0n) is 12.5. The molecule has 6 nitrogen and oxygen atoms in total. The summed E-state index contributed by atoms with van der Waals surface area (Å²) in [7, 11) is 1.49. The third kappa shape index (κ3) is 2.77. The Morgan fingerprint density at radius 2 is 2.04 bits per heavy atom. The van der Waals surface area contributed by atoms with Crippen LogP contribution in [0, 0.1) is 0 Å². The lowest BCUT2D eigenvalue weighted by atomic mass is 9.96. The largest absolute Gasteiger partial charge is 0.497 e. The third-order valence-electron chi connectivity index (χ3n) is 3.99. The Morgan fingerprint density at radius 1 is 1.38 bits per heavy atom. The zero-order chi connectivity index (χ0) is 17.5. The Labute approximate surface area is 134 Å². The Bertz CT molecular complexity index is 756. The van der Waals surface area contributed by atoms with E-state index in [4.69, 9.17) is 9.84 Å². The Morgan fingerprint density at radius 3 is 2.58 bits per heavy atom. The number of benzene rings is 1. The molecule has 1 aromatic heterocycles. The van der Waals surface area contributed by atoms with Crippen molar-refractivity contribution in [1.82, 2.24) is 9.78 Å². The van der Waals surface area contributed by atoms with E-state index in [0.717, 1.165) is 6.20 Å². The fraction of sp³-hybridized carbons (Fsp3) is 0.333. The Kier molecular flexibility index (Phi) is 3.86. The van der Waals surface area contributed by atoms with Gasteiger partial charge in [-0.05, 0) is 17.7 Å². The number of rotatable bonds is 3. The van der Waals surface area contributed by atoms with Crippen molar-refractivity contribution < 1.29 is 27.8 Å². The van der Waals surface area contributed by atoms with Crippen LogP contribution in [-0.2, 0) is 0 Å². The molecule has 0 amide bonds. The molecule has 1 aliphatic rings. The standard InChI is InChI=1S/C15H14F3N3O3/c1-24-9-4-2-8(3-5-9)11-6-12(15(16,17)18)21-13(20-11)10(7-19-21)14(22)23/h2-5,7,11-12,20H,6H2,1H3,(H,22,23)/t11-,12+/m0/s1. The van der Waals surface area contributed by atoms with Crippen molar-refractivity contribution in [3.63, 3.8) is 0 Å². The molecule has 2 heterocycles. The number of carboxylic acid groups (broad SMARTS) is 1. The highest BCUT2D eigenvalue weighted by atomic mass is 19.4. The second kappa shape index (κ2) is 5.73. The summed E-state index contributed by atoms with van der Waals surface area (Å²) in [6.45, 7) is 0. The van der Waals surface area contributed by atoms with Crippen molar-refractivity contribution in [2.45, 2.75) is 24.7 Å². The number of alkyl halides is 3. The summed E-state index contributed by atoms with van der Waals surface area (Å²) < 4.78 is 45.9. The van der Waals surface area contributed by atoms with Gasteiger partial charge in [-0.25, -0.2) is 9.48 Å². The number of aromatic carboxylic acids is 1. The van der Waals surface area contributed by atoms with Crippen LogP contribution in [0.15, 0.2) is 30.5 Å². The molecule has 0 bridgehead atoms. The summed E-state index contributed by atoms with van der Waals surface area (Å²) in [5, 5.41) is 15.6. The van der Waals surface area contributed by atoms with Crippen LogP contribution >= 0.6 is 0 Å². The Balaban J connectivity index is 2.02. The van der Waals surface area contributed by atoms with Crippen molar-refractivity contribution in [1.29, 1.82) is 0 Å². The lowest BCUT2D eigenvalue weighted by Gasteiger charge is -2.33. The van der Waals surface area contributed by atoms with Gasteiger partial charge in [0.25, 0.3) is 0 Å². The SMILES string of the molecule is COc1ccc([C@@H]2C[C@H](C(F)(F)F)n3ncc(C(=O)O)c3N2)cc1. The normalized spacial score (nSPS) is 20.2. The van der Waals surface area contributed by atoms with Crippen molar-refractivity contribution in [3.8, 4) is 5.75 Å². The molecule has 1 aromatic carbocycles. The molecule has 2 N–H and O–H groups in total. The molecular formula is C15H14F3N3O3. The molecule has 9 heteroatoms. The maximum Gasteiger partial charge on any atom is 0.410 e. The fourth-order valence-electron chi connectivity index (χ4n) is 2.77. The van der Waals surface area contributed by atoms with Gasteiger partial charge in [-0.15, -0.1) is 0 Å². The molecule has 2 atom stereocenters. The maximum atomic E-state index is 13.4. The first-order valence-corrected chi connectivity index (χ1v) is 7.09. The number of nitrogens with one attached hydrogen (secondary N) is 1. The molecule has 0 fully saturated rings. The Hall–Kier alpha value is -2.71. The van der Waals surface area contributed by atoms with Crippen LogP contribution in [-0.4, -0.2) is 34.1 Å². The smallest absolute Gasteiger partial charge is 0.410 e. The van der Waals surface area contributed by atoms with E-state index in [-0.39, 0.29) is 17.8 Å². The highest BCUT2D eigenvalue weighted by Gasteiger charge is 2.47. The van der Waals surface area contributed by atoms with Crippen molar-refractivity contribution in [2.24, 2.45) is 0 Å². The number of hydrogen-bond acceptors (Lipinski definition) is 4. The van der Waals surface area contributed by atoms with Gasteiger partial charge in [0.2, 0.25) is 0 Å². The predicted molar refractivity (Wildman–Crippen MR) is 78.3 cm³/mol. The summed E-state index contributed by atoms with van der Waals surface area (Å²) in [6.07, 6.45) is -3.90. The van der Waals surface area contributed by atoms with E-state index in [1.807, 2.05) is 0 Å². The molecule has 0 saturated carbocycles. The molecule has 3 rings (SSSR count). The van der Waals surface area contributed by atoms with E-state index in [2.05, 4.69) is 10.4 Å². The van der Waals surface area contributed by atoms with Crippen LogP contribution in [0.25, 0.3) is 0 Å².